The third-order valence-corrected chi connectivity index (χ3v) is 6.67. The zero-order valence-electron chi connectivity index (χ0n) is 19.3. The molecule has 1 aliphatic carbocycles. The largest absolute Gasteiger partial charge is 0.497 e. The Morgan fingerprint density at radius 2 is 1.56 bits per heavy atom. The molecule has 0 radical (unpaired) electrons. The van der Waals surface area contributed by atoms with Gasteiger partial charge >= 0.3 is 0 Å². The number of methoxy groups -OCH3 is 2. The standard InChI is InChI=1S/C26H33N3O3/c1-28(21-7-5-4-6-8-21)18-26(30)29-25(20-11-15-23(32-3)16-12-20)17-24(27-29)19-9-13-22(31-2)14-10-19/h9-16,21,25H,4-8,17-18H2,1-3H3/t25-/m0/s1. The lowest BCUT2D eigenvalue weighted by Gasteiger charge is -2.32. The fourth-order valence-electron chi connectivity index (χ4n) is 4.72. The molecule has 0 saturated heterocycles. The minimum Gasteiger partial charge on any atom is -0.497 e. The molecule has 1 fully saturated rings. The number of nitrogens with zero attached hydrogens (tertiary/aromatic N) is 3. The number of hydrazone groups is 1. The smallest absolute Gasteiger partial charge is 0.257 e. The zero-order chi connectivity index (χ0) is 22.5. The van der Waals surface area contributed by atoms with Gasteiger partial charge < -0.3 is 9.47 Å². The predicted octanol–water partition coefficient (Wildman–Crippen LogP) is 4.65. The first-order valence-corrected chi connectivity index (χ1v) is 11.5. The molecule has 32 heavy (non-hydrogen) atoms. The van der Waals surface area contributed by atoms with E-state index in [1.807, 2.05) is 48.5 Å². The topological polar surface area (TPSA) is 54.4 Å². The molecule has 1 saturated carbocycles. The average Bonchev–Trinajstić information content (AvgIpc) is 3.30. The van der Waals surface area contributed by atoms with Gasteiger partial charge in [0.05, 0.1) is 32.5 Å². The van der Waals surface area contributed by atoms with Crippen LogP contribution in [0.15, 0.2) is 53.6 Å². The maximum Gasteiger partial charge on any atom is 0.257 e. The van der Waals surface area contributed by atoms with Crippen molar-refractivity contribution in [3.8, 4) is 11.5 Å². The van der Waals surface area contributed by atoms with Gasteiger partial charge in [0.15, 0.2) is 0 Å². The first kappa shape index (κ1) is 22.3. The molecule has 1 atom stereocenters. The van der Waals surface area contributed by atoms with Crippen LogP contribution in [0.2, 0.25) is 0 Å². The van der Waals surface area contributed by atoms with Crippen molar-refractivity contribution in [1.82, 2.24) is 9.91 Å². The summed E-state index contributed by atoms with van der Waals surface area (Å²) in [6.45, 7) is 0.386. The number of carbonyl (C=O) groups excluding carboxylic acids is 1. The van der Waals surface area contributed by atoms with E-state index >= 15 is 0 Å². The summed E-state index contributed by atoms with van der Waals surface area (Å²) in [5, 5.41) is 6.51. The van der Waals surface area contributed by atoms with Gasteiger partial charge in [-0.1, -0.05) is 31.4 Å². The second-order valence-electron chi connectivity index (χ2n) is 8.71. The second kappa shape index (κ2) is 10.2. The number of carbonyl (C=O) groups is 1. The van der Waals surface area contributed by atoms with E-state index in [-0.39, 0.29) is 11.9 Å². The zero-order valence-corrected chi connectivity index (χ0v) is 19.3. The van der Waals surface area contributed by atoms with E-state index in [4.69, 9.17) is 14.6 Å². The molecule has 0 unspecified atom stereocenters. The Kier molecular flexibility index (Phi) is 7.10. The summed E-state index contributed by atoms with van der Waals surface area (Å²) < 4.78 is 10.6. The van der Waals surface area contributed by atoms with E-state index < -0.39 is 0 Å². The lowest BCUT2D eigenvalue weighted by molar-refractivity contribution is -0.134. The minimum atomic E-state index is -0.120. The second-order valence-corrected chi connectivity index (χ2v) is 8.71. The summed E-state index contributed by atoms with van der Waals surface area (Å²) in [7, 11) is 5.39. The molecule has 2 aliphatic rings. The average molecular weight is 436 g/mol. The van der Waals surface area contributed by atoms with E-state index in [1.165, 1.54) is 32.1 Å². The van der Waals surface area contributed by atoms with Crippen molar-refractivity contribution >= 4 is 11.6 Å². The highest BCUT2D eigenvalue weighted by molar-refractivity contribution is 6.03. The van der Waals surface area contributed by atoms with Gasteiger partial charge in [0, 0.05) is 12.5 Å². The van der Waals surface area contributed by atoms with Crippen LogP contribution >= 0.6 is 0 Å². The number of likely N-dealkylation sites (N-methyl/N-ethyl adjacent to an activating group) is 1. The molecule has 2 aromatic rings. The maximum absolute atomic E-state index is 13.4. The van der Waals surface area contributed by atoms with E-state index in [9.17, 15) is 4.79 Å². The van der Waals surface area contributed by atoms with Crippen molar-refractivity contribution in [3.63, 3.8) is 0 Å². The molecule has 0 spiro atoms. The molecule has 1 aliphatic heterocycles. The Hall–Kier alpha value is -2.86. The number of hydrogen-bond acceptors (Lipinski definition) is 5. The summed E-state index contributed by atoms with van der Waals surface area (Å²) in [4.78, 5) is 15.6. The van der Waals surface area contributed by atoms with Crippen LogP contribution in [-0.4, -0.2) is 55.4 Å². The third-order valence-electron chi connectivity index (χ3n) is 6.67. The van der Waals surface area contributed by atoms with Crippen LogP contribution in [0, 0.1) is 0 Å². The molecule has 6 nitrogen and oxygen atoms in total. The fourth-order valence-corrected chi connectivity index (χ4v) is 4.72. The lowest BCUT2D eigenvalue weighted by Crippen LogP contribution is -2.41. The normalized spacial score (nSPS) is 19.2. The van der Waals surface area contributed by atoms with Gasteiger partial charge in [0.25, 0.3) is 5.91 Å². The van der Waals surface area contributed by atoms with Gasteiger partial charge in [-0.25, -0.2) is 5.01 Å². The van der Waals surface area contributed by atoms with Crippen LogP contribution in [0.1, 0.15) is 55.7 Å². The molecule has 0 N–H and O–H groups in total. The summed E-state index contributed by atoms with van der Waals surface area (Å²) in [6, 6.07) is 16.2. The number of ether oxygens (including phenoxy) is 2. The number of hydrogen-bond donors (Lipinski definition) is 0. The first-order chi connectivity index (χ1) is 15.6. The van der Waals surface area contributed by atoms with E-state index in [2.05, 4.69) is 11.9 Å². The van der Waals surface area contributed by atoms with Crippen LogP contribution in [0.3, 0.4) is 0 Å². The summed E-state index contributed by atoms with van der Waals surface area (Å²) >= 11 is 0. The SMILES string of the molecule is COc1ccc(C2=NN(C(=O)CN(C)C3CCCCC3)[C@H](c3ccc(OC)cc3)C2)cc1. The Balaban J connectivity index is 1.56. The summed E-state index contributed by atoms with van der Waals surface area (Å²) in [5.41, 5.74) is 2.99. The first-order valence-electron chi connectivity index (χ1n) is 11.5. The monoisotopic (exact) mass is 435 g/mol. The van der Waals surface area contributed by atoms with Gasteiger partial charge in [-0.3, -0.25) is 9.69 Å². The molecule has 2 aromatic carbocycles. The number of benzene rings is 2. The molecule has 1 heterocycles. The molecule has 4 rings (SSSR count). The molecule has 6 heteroatoms. The molecule has 1 amide bonds. The van der Waals surface area contributed by atoms with Gasteiger partial charge in [0.1, 0.15) is 11.5 Å². The summed E-state index contributed by atoms with van der Waals surface area (Å²) in [5.74, 6) is 1.65. The molecule has 170 valence electrons. The van der Waals surface area contributed by atoms with Crippen LogP contribution < -0.4 is 9.47 Å². The van der Waals surface area contributed by atoms with Crippen molar-refractivity contribution in [1.29, 1.82) is 0 Å². The number of rotatable bonds is 7. The quantitative estimate of drug-likeness (QED) is 0.635. The van der Waals surface area contributed by atoms with Crippen molar-refractivity contribution in [2.45, 2.75) is 50.6 Å². The van der Waals surface area contributed by atoms with Gasteiger partial charge in [0.2, 0.25) is 0 Å². The fraction of sp³-hybridized carbons (Fsp3) is 0.462. The third kappa shape index (κ3) is 4.96. The Morgan fingerprint density at radius 3 is 2.16 bits per heavy atom. The van der Waals surface area contributed by atoms with Gasteiger partial charge in [-0.15, -0.1) is 0 Å². The van der Waals surface area contributed by atoms with Crippen molar-refractivity contribution in [2.75, 3.05) is 27.8 Å². The van der Waals surface area contributed by atoms with E-state index in [1.54, 1.807) is 19.2 Å². The van der Waals surface area contributed by atoms with Crippen LogP contribution in [0.5, 0.6) is 11.5 Å². The molecular formula is C26H33N3O3. The highest BCUT2D eigenvalue weighted by Crippen LogP contribution is 2.34. The predicted molar refractivity (Wildman–Crippen MR) is 126 cm³/mol. The Labute approximate surface area is 190 Å². The van der Waals surface area contributed by atoms with E-state index in [0.717, 1.165) is 28.3 Å². The van der Waals surface area contributed by atoms with Gasteiger partial charge in [-0.2, -0.15) is 5.10 Å². The Morgan fingerprint density at radius 1 is 0.969 bits per heavy atom. The minimum absolute atomic E-state index is 0.0439. The van der Waals surface area contributed by atoms with E-state index in [0.29, 0.717) is 19.0 Å². The highest BCUT2D eigenvalue weighted by Gasteiger charge is 2.34. The van der Waals surface area contributed by atoms with Crippen molar-refractivity contribution < 1.29 is 14.3 Å². The van der Waals surface area contributed by atoms with Crippen LogP contribution in [-0.2, 0) is 4.79 Å². The number of amides is 1. The maximum atomic E-state index is 13.4. The van der Waals surface area contributed by atoms with Crippen LogP contribution in [0.25, 0.3) is 0 Å². The summed E-state index contributed by atoms with van der Waals surface area (Å²) in [6.07, 6.45) is 6.83. The Bertz CT molecular complexity index is 934. The lowest BCUT2D eigenvalue weighted by atomic mass is 9.94. The molecule has 0 aromatic heterocycles. The van der Waals surface area contributed by atoms with Gasteiger partial charge in [-0.05, 0) is 67.4 Å². The molecule has 0 bridgehead atoms. The van der Waals surface area contributed by atoms with Crippen molar-refractivity contribution in [2.24, 2.45) is 5.10 Å². The highest BCUT2D eigenvalue weighted by atomic mass is 16.5. The van der Waals surface area contributed by atoms with Crippen LogP contribution in [0.4, 0.5) is 0 Å². The molecular weight excluding hydrogens is 402 g/mol. The van der Waals surface area contributed by atoms with Crippen molar-refractivity contribution in [3.05, 3.63) is 59.7 Å².